The third-order valence-electron chi connectivity index (χ3n) is 4.85. The van der Waals surface area contributed by atoms with Gasteiger partial charge in [0.1, 0.15) is 6.61 Å². The average molecular weight is 375 g/mol. The molecule has 27 heavy (non-hydrogen) atoms. The Kier molecular flexibility index (Phi) is 5.98. The molecular weight excluding hydrogens is 352 g/mol. The number of nitrogens with zero attached hydrogens (tertiary/aromatic N) is 3. The smallest absolute Gasteiger partial charge is 0.410 e. The van der Waals surface area contributed by atoms with Crippen LogP contribution in [-0.4, -0.2) is 40.0 Å². The van der Waals surface area contributed by atoms with Crippen molar-refractivity contribution in [2.75, 3.05) is 13.1 Å². The van der Waals surface area contributed by atoms with Crippen molar-refractivity contribution < 1.29 is 18.3 Å². The Bertz CT molecular complexity index is 754. The first kappa shape index (κ1) is 19.2. The van der Waals surface area contributed by atoms with E-state index in [2.05, 4.69) is 9.97 Å². The van der Waals surface area contributed by atoms with Gasteiger partial charge >= 0.3 is 6.09 Å². The highest BCUT2D eigenvalue weighted by atomic mass is 19.3. The van der Waals surface area contributed by atoms with Crippen LogP contribution in [-0.2, 0) is 17.8 Å². The average Bonchev–Trinajstić information content (AvgIpc) is 2.66. The zero-order valence-electron chi connectivity index (χ0n) is 15.3. The molecule has 7 heteroatoms. The number of aromatic nitrogens is 2. The van der Waals surface area contributed by atoms with E-state index in [9.17, 15) is 13.6 Å². The van der Waals surface area contributed by atoms with E-state index >= 15 is 0 Å². The van der Waals surface area contributed by atoms with Gasteiger partial charge in [-0.05, 0) is 31.7 Å². The molecule has 3 rings (SSSR count). The number of halogens is 2. The normalized spacial score (nSPS) is 18.9. The van der Waals surface area contributed by atoms with E-state index in [-0.39, 0.29) is 19.6 Å². The molecule has 0 radical (unpaired) electrons. The van der Waals surface area contributed by atoms with Crippen LogP contribution in [0.3, 0.4) is 0 Å². The summed E-state index contributed by atoms with van der Waals surface area (Å²) in [6.07, 6.45) is 5.02. The van der Waals surface area contributed by atoms with Crippen LogP contribution in [0.15, 0.2) is 42.9 Å². The van der Waals surface area contributed by atoms with Crippen molar-refractivity contribution in [3.8, 4) is 0 Å². The maximum atomic E-state index is 14.5. The van der Waals surface area contributed by atoms with Crippen LogP contribution in [0, 0.1) is 12.8 Å². The van der Waals surface area contributed by atoms with E-state index in [4.69, 9.17) is 4.74 Å². The summed E-state index contributed by atoms with van der Waals surface area (Å²) in [6.45, 7) is 1.71. The van der Waals surface area contributed by atoms with Gasteiger partial charge in [0.05, 0.1) is 12.2 Å². The highest BCUT2D eigenvalue weighted by molar-refractivity contribution is 5.67. The molecular formula is C20H23F2N3O2. The summed E-state index contributed by atoms with van der Waals surface area (Å²) in [5.41, 5.74) is 2.64. The van der Waals surface area contributed by atoms with Crippen molar-refractivity contribution in [3.05, 3.63) is 59.7 Å². The summed E-state index contributed by atoms with van der Waals surface area (Å²) in [7, 11) is 0. The fraction of sp³-hybridized carbons (Fsp3) is 0.450. The molecule has 1 atom stereocenters. The summed E-state index contributed by atoms with van der Waals surface area (Å²) in [5.74, 6) is -3.72. The molecule has 1 saturated heterocycles. The number of hydrogen-bond acceptors (Lipinski definition) is 4. The van der Waals surface area contributed by atoms with Gasteiger partial charge in [0, 0.05) is 31.1 Å². The molecule has 5 nitrogen and oxygen atoms in total. The largest absolute Gasteiger partial charge is 0.445 e. The van der Waals surface area contributed by atoms with Gasteiger partial charge in [0.2, 0.25) is 0 Å². The highest BCUT2D eigenvalue weighted by Gasteiger charge is 2.45. The van der Waals surface area contributed by atoms with Crippen LogP contribution in [0.25, 0.3) is 0 Å². The first-order chi connectivity index (χ1) is 12.9. The molecule has 2 heterocycles. The second kappa shape index (κ2) is 8.41. The van der Waals surface area contributed by atoms with Gasteiger partial charge in [-0.1, -0.05) is 29.8 Å². The standard InChI is InChI=1S/C20H23F2N3O2/c1-15-2-4-16(5-3-15)13-27-19(26)25-11-8-17(20(21,22)14-25)6-7-18-12-23-9-10-24-18/h2-5,9-10,12,17H,6-8,11,13-14H2,1H3/t17-/m0/s1. The van der Waals surface area contributed by atoms with E-state index in [1.165, 1.54) is 0 Å². The van der Waals surface area contributed by atoms with Gasteiger partial charge in [-0.15, -0.1) is 0 Å². The number of aryl methyl sites for hydroxylation is 2. The SMILES string of the molecule is Cc1ccc(COC(=O)N2CC[C@H](CCc3cnccn3)C(F)(F)C2)cc1. The molecule has 2 aromatic rings. The predicted molar refractivity (Wildman–Crippen MR) is 96.3 cm³/mol. The first-order valence-corrected chi connectivity index (χ1v) is 9.04. The summed E-state index contributed by atoms with van der Waals surface area (Å²) in [4.78, 5) is 21.3. The van der Waals surface area contributed by atoms with E-state index < -0.39 is 24.5 Å². The lowest BCUT2D eigenvalue weighted by atomic mass is 9.88. The number of carbonyl (C=O) groups excluding carboxylic acids is 1. The lowest BCUT2D eigenvalue weighted by molar-refractivity contribution is -0.108. The molecule has 1 fully saturated rings. The first-order valence-electron chi connectivity index (χ1n) is 9.04. The molecule has 1 aromatic heterocycles. The number of likely N-dealkylation sites (tertiary alicyclic amines) is 1. The molecule has 144 valence electrons. The van der Waals surface area contributed by atoms with E-state index in [1.807, 2.05) is 31.2 Å². The minimum Gasteiger partial charge on any atom is -0.445 e. The van der Waals surface area contributed by atoms with Gasteiger partial charge in [0.25, 0.3) is 5.92 Å². The van der Waals surface area contributed by atoms with Crippen molar-refractivity contribution in [1.82, 2.24) is 14.9 Å². The Balaban J connectivity index is 1.49. The molecule has 0 spiro atoms. The zero-order valence-corrected chi connectivity index (χ0v) is 15.3. The fourth-order valence-electron chi connectivity index (χ4n) is 3.20. The number of alkyl halides is 2. The van der Waals surface area contributed by atoms with E-state index in [0.29, 0.717) is 18.5 Å². The topological polar surface area (TPSA) is 55.3 Å². The molecule has 1 aromatic carbocycles. The maximum absolute atomic E-state index is 14.5. The Morgan fingerprint density at radius 3 is 2.74 bits per heavy atom. The number of carbonyl (C=O) groups is 1. The summed E-state index contributed by atoms with van der Waals surface area (Å²) < 4.78 is 34.2. The minimum absolute atomic E-state index is 0.0806. The Labute approximate surface area is 157 Å². The Morgan fingerprint density at radius 1 is 1.30 bits per heavy atom. The molecule has 1 aliphatic rings. The third kappa shape index (κ3) is 5.21. The summed E-state index contributed by atoms with van der Waals surface area (Å²) in [6, 6.07) is 7.55. The third-order valence-corrected chi connectivity index (χ3v) is 4.85. The quantitative estimate of drug-likeness (QED) is 0.792. The van der Waals surface area contributed by atoms with Crippen LogP contribution in [0.4, 0.5) is 13.6 Å². The van der Waals surface area contributed by atoms with Gasteiger partial charge in [-0.2, -0.15) is 0 Å². The zero-order chi connectivity index (χ0) is 19.3. The Morgan fingerprint density at radius 2 is 2.07 bits per heavy atom. The van der Waals surface area contributed by atoms with Crippen LogP contribution < -0.4 is 0 Å². The molecule has 0 N–H and O–H groups in total. The molecule has 0 bridgehead atoms. The molecule has 1 aliphatic heterocycles. The second-order valence-corrected chi connectivity index (χ2v) is 6.94. The number of amides is 1. The maximum Gasteiger partial charge on any atom is 0.410 e. The van der Waals surface area contributed by atoms with E-state index in [0.717, 1.165) is 16.0 Å². The number of piperidine rings is 1. The fourth-order valence-corrected chi connectivity index (χ4v) is 3.20. The lowest BCUT2D eigenvalue weighted by Crippen LogP contribution is -2.50. The number of hydrogen-bond donors (Lipinski definition) is 0. The number of ether oxygens (including phenoxy) is 1. The monoisotopic (exact) mass is 375 g/mol. The van der Waals surface area contributed by atoms with E-state index in [1.54, 1.807) is 18.6 Å². The van der Waals surface area contributed by atoms with Crippen LogP contribution >= 0.6 is 0 Å². The second-order valence-electron chi connectivity index (χ2n) is 6.94. The van der Waals surface area contributed by atoms with Gasteiger partial charge < -0.3 is 9.64 Å². The molecule has 0 aliphatic carbocycles. The Hall–Kier alpha value is -2.57. The summed E-state index contributed by atoms with van der Waals surface area (Å²) in [5, 5.41) is 0. The number of benzene rings is 1. The molecule has 1 amide bonds. The number of rotatable bonds is 5. The highest BCUT2D eigenvalue weighted by Crippen LogP contribution is 2.36. The molecule has 0 unspecified atom stereocenters. The minimum atomic E-state index is -2.94. The van der Waals surface area contributed by atoms with Crippen molar-refractivity contribution in [1.29, 1.82) is 0 Å². The van der Waals surface area contributed by atoms with Gasteiger partial charge in [0.15, 0.2) is 0 Å². The van der Waals surface area contributed by atoms with Gasteiger partial charge in [-0.3, -0.25) is 9.97 Å². The van der Waals surface area contributed by atoms with Crippen LogP contribution in [0.5, 0.6) is 0 Å². The van der Waals surface area contributed by atoms with Crippen molar-refractivity contribution in [3.63, 3.8) is 0 Å². The van der Waals surface area contributed by atoms with Crippen molar-refractivity contribution in [2.45, 2.75) is 38.7 Å². The summed E-state index contributed by atoms with van der Waals surface area (Å²) >= 11 is 0. The van der Waals surface area contributed by atoms with Crippen LogP contribution in [0.2, 0.25) is 0 Å². The van der Waals surface area contributed by atoms with Crippen molar-refractivity contribution >= 4 is 6.09 Å². The van der Waals surface area contributed by atoms with Crippen LogP contribution in [0.1, 0.15) is 29.7 Å². The lowest BCUT2D eigenvalue weighted by Gasteiger charge is -2.37. The predicted octanol–water partition coefficient (Wildman–Crippen LogP) is 4.01. The van der Waals surface area contributed by atoms with Crippen molar-refractivity contribution in [2.24, 2.45) is 5.92 Å². The van der Waals surface area contributed by atoms with Gasteiger partial charge in [-0.25, -0.2) is 13.6 Å². The molecule has 0 saturated carbocycles.